The van der Waals surface area contributed by atoms with Gasteiger partial charge in [-0.15, -0.1) is 0 Å². The predicted molar refractivity (Wildman–Crippen MR) is 63.3 cm³/mol. The lowest BCUT2D eigenvalue weighted by Gasteiger charge is -2.15. The van der Waals surface area contributed by atoms with Gasteiger partial charge in [-0.05, 0) is 37.4 Å². The van der Waals surface area contributed by atoms with E-state index in [9.17, 15) is 0 Å². The van der Waals surface area contributed by atoms with Gasteiger partial charge in [0.1, 0.15) is 0 Å². The molecule has 0 amide bonds. The number of hydrogen-bond acceptors (Lipinski definition) is 1. The van der Waals surface area contributed by atoms with Crippen molar-refractivity contribution in [2.45, 2.75) is 57.5 Å². The summed E-state index contributed by atoms with van der Waals surface area (Å²) in [5.41, 5.74) is 0. The van der Waals surface area contributed by atoms with Crippen LogP contribution in [-0.2, 0) is 0 Å². The highest BCUT2D eigenvalue weighted by molar-refractivity contribution is 7.80. The highest BCUT2D eigenvalue weighted by Gasteiger charge is 2.35. The molecule has 0 spiro atoms. The predicted octanol–water partition coefficient (Wildman–Crippen LogP) is 2.19. The summed E-state index contributed by atoms with van der Waals surface area (Å²) in [6.45, 7) is 2.25. The summed E-state index contributed by atoms with van der Waals surface area (Å²) in [6.07, 6.45) is 7.91. The molecule has 2 nitrogen and oxygen atoms in total. The third-order valence-electron chi connectivity index (χ3n) is 3.45. The minimum atomic E-state index is 0.647. The molecule has 0 aromatic carbocycles. The molecule has 2 fully saturated rings. The maximum Gasteiger partial charge on any atom is 0.166 e. The van der Waals surface area contributed by atoms with Crippen LogP contribution in [0.25, 0.3) is 0 Å². The van der Waals surface area contributed by atoms with Gasteiger partial charge >= 0.3 is 0 Å². The fraction of sp³-hybridized carbons (Fsp3) is 0.909. The second kappa shape index (κ2) is 4.47. The van der Waals surface area contributed by atoms with Crippen molar-refractivity contribution in [3.63, 3.8) is 0 Å². The second-order valence-electron chi connectivity index (χ2n) is 4.61. The van der Waals surface area contributed by atoms with Crippen molar-refractivity contribution in [2.75, 3.05) is 0 Å². The zero-order valence-electron chi connectivity index (χ0n) is 8.88. The molecule has 0 heterocycles. The first-order valence-corrected chi connectivity index (χ1v) is 6.27. The van der Waals surface area contributed by atoms with E-state index >= 15 is 0 Å². The Labute approximate surface area is 91.8 Å². The highest BCUT2D eigenvalue weighted by atomic mass is 32.1. The van der Waals surface area contributed by atoms with E-state index in [-0.39, 0.29) is 0 Å². The van der Waals surface area contributed by atoms with Crippen molar-refractivity contribution in [1.29, 1.82) is 0 Å². The molecule has 2 saturated carbocycles. The minimum absolute atomic E-state index is 0.647. The fourth-order valence-corrected chi connectivity index (χ4v) is 2.66. The van der Waals surface area contributed by atoms with Crippen LogP contribution in [0.2, 0.25) is 0 Å². The van der Waals surface area contributed by atoms with Gasteiger partial charge in [0.2, 0.25) is 0 Å². The Hall–Kier alpha value is -0.310. The van der Waals surface area contributed by atoms with E-state index in [4.69, 9.17) is 12.2 Å². The first kappa shape index (κ1) is 10.2. The van der Waals surface area contributed by atoms with Gasteiger partial charge in [-0.25, -0.2) is 0 Å². The first-order chi connectivity index (χ1) is 6.79. The molecule has 14 heavy (non-hydrogen) atoms. The number of nitrogens with one attached hydrogen (secondary N) is 2. The van der Waals surface area contributed by atoms with E-state index in [0.29, 0.717) is 12.1 Å². The van der Waals surface area contributed by atoms with Crippen molar-refractivity contribution >= 4 is 17.3 Å². The third-order valence-corrected chi connectivity index (χ3v) is 3.69. The summed E-state index contributed by atoms with van der Waals surface area (Å²) in [5.74, 6) is 0.873. The van der Waals surface area contributed by atoms with E-state index in [1.54, 1.807) is 0 Å². The zero-order chi connectivity index (χ0) is 9.97. The van der Waals surface area contributed by atoms with E-state index in [0.717, 1.165) is 11.0 Å². The molecule has 2 rings (SSSR count). The summed E-state index contributed by atoms with van der Waals surface area (Å²) in [4.78, 5) is 0. The Kier molecular flexibility index (Phi) is 3.26. The van der Waals surface area contributed by atoms with Crippen LogP contribution in [0.4, 0.5) is 0 Å². The van der Waals surface area contributed by atoms with Crippen molar-refractivity contribution in [2.24, 2.45) is 5.92 Å². The van der Waals surface area contributed by atoms with Crippen LogP contribution >= 0.6 is 12.2 Å². The molecule has 2 aliphatic carbocycles. The first-order valence-electron chi connectivity index (χ1n) is 5.86. The lowest BCUT2D eigenvalue weighted by Crippen LogP contribution is -2.42. The fourth-order valence-electron chi connectivity index (χ4n) is 2.34. The third kappa shape index (κ3) is 2.59. The highest BCUT2D eigenvalue weighted by Crippen LogP contribution is 2.33. The zero-order valence-corrected chi connectivity index (χ0v) is 9.70. The van der Waals surface area contributed by atoms with Gasteiger partial charge in [0, 0.05) is 12.1 Å². The summed E-state index contributed by atoms with van der Waals surface area (Å²) in [5, 5.41) is 7.70. The molecule has 80 valence electrons. The number of rotatable bonds is 3. The van der Waals surface area contributed by atoms with Crippen LogP contribution in [0.3, 0.4) is 0 Å². The van der Waals surface area contributed by atoms with Crippen LogP contribution in [0.1, 0.15) is 45.4 Å². The molecular formula is C11H20N2S. The Bertz CT molecular complexity index is 211. The molecule has 0 aromatic rings. The van der Waals surface area contributed by atoms with Crippen molar-refractivity contribution in [1.82, 2.24) is 10.6 Å². The standard InChI is InChI=1S/C11H20N2S/c1-2-8-7-10(8)13-11(14)12-9-5-3-4-6-9/h8-10H,2-7H2,1H3,(H2,12,13,14). The molecule has 3 heteroatoms. The van der Waals surface area contributed by atoms with Crippen LogP contribution < -0.4 is 10.6 Å². The lowest BCUT2D eigenvalue weighted by atomic mass is 10.2. The average molecular weight is 212 g/mol. The van der Waals surface area contributed by atoms with Gasteiger partial charge in [0.15, 0.2) is 5.11 Å². The largest absolute Gasteiger partial charge is 0.360 e. The Morgan fingerprint density at radius 2 is 2.00 bits per heavy atom. The van der Waals surface area contributed by atoms with Crippen LogP contribution in [0.15, 0.2) is 0 Å². The van der Waals surface area contributed by atoms with E-state index in [1.165, 1.54) is 38.5 Å². The van der Waals surface area contributed by atoms with Gasteiger partial charge in [-0.2, -0.15) is 0 Å². The minimum Gasteiger partial charge on any atom is -0.360 e. The van der Waals surface area contributed by atoms with E-state index in [1.807, 2.05) is 0 Å². The summed E-state index contributed by atoms with van der Waals surface area (Å²) >= 11 is 5.29. The molecule has 0 aliphatic heterocycles. The molecule has 0 saturated heterocycles. The molecule has 0 bridgehead atoms. The van der Waals surface area contributed by atoms with Crippen molar-refractivity contribution in [3.05, 3.63) is 0 Å². The molecule has 0 radical (unpaired) electrons. The van der Waals surface area contributed by atoms with Gasteiger partial charge in [0.25, 0.3) is 0 Å². The number of thiocarbonyl (C=S) groups is 1. The van der Waals surface area contributed by atoms with E-state index < -0.39 is 0 Å². The summed E-state index contributed by atoms with van der Waals surface area (Å²) in [7, 11) is 0. The molecular weight excluding hydrogens is 192 g/mol. The summed E-state index contributed by atoms with van der Waals surface area (Å²) < 4.78 is 0. The second-order valence-corrected chi connectivity index (χ2v) is 5.02. The Balaban J connectivity index is 1.64. The normalized spacial score (nSPS) is 31.5. The quantitative estimate of drug-likeness (QED) is 0.701. The lowest BCUT2D eigenvalue weighted by molar-refractivity contribution is 0.615. The van der Waals surface area contributed by atoms with Gasteiger partial charge in [-0.1, -0.05) is 26.2 Å². The SMILES string of the molecule is CCC1CC1NC(=S)NC1CCCC1. The maximum atomic E-state index is 5.29. The van der Waals surface area contributed by atoms with Gasteiger partial charge in [0.05, 0.1) is 0 Å². The Morgan fingerprint density at radius 1 is 1.29 bits per heavy atom. The van der Waals surface area contributed by atoms with Gasteiger partial charge < -0.3 is 10.6 Å². The Morgan fingerprint density at radius 3 is 2.57 bits per heavy atom. The van der Waals surface area contributed by atoms with Gasteiger partial charge in [-0.3, -0.25) is 0 Å². The molecule has 2 aliphatic rings. The smallest absolute Gasteiger partial charge is 0.166 e. The van der Waals surface area contributed by atoms with Crippen LogP contribution in [0, 0.1) is 5.92 Å². The number of hydrogen-bond donors (Lipinski definition) is 2. The van der Waals surface area contributed by atoms with E-state index in [2.05, 4.69) is 17.6 Å². The molecule has 2 N–H and O–H groups in total. The average Bonchev–Trinajstić information content (AvgIpc) is 2.69. The maximum absolute atomic E-state index is 5.29. The topological polar surface area (TPSA) is 24.1 Å². The summed E-state index contributed by atoms with van der Waals surface area (Å²) in [6, 6.07) is 1.32. The molecule has 2 atom stereocenters. The van der Waals surface area contributed by atoms with Crippen molar-refractivity contribution in [3.8, 4) is 0 Å². The van der Waals surface area contributed by atoms with Crippen LogP contribution in [0.5, 0.6) is 0 Å². The van der Waals surface area contributed by atoms with Crippen molar-refractivity contribution < 1.29 is 0 Å². The monoisotopic (exact) mass is 212 g/mol. The molecule has 0 aromatic heterocycles. The molecule has 2 unspecified atom stereocenters. The van der Waals surface area contributed by atoms with Crippen LogP contribution in [-0.4, -0.2) is 17.2 Å².